The van der Waals surface area contributed by atoms with E-state index in [0.717, 1.165) is 11.6 Å². The summed E-state index contributed by atoms with van der Waals surface area (Å²) in [7, 11) is 0. The molecule has 0 aliphatic rings. The van der Waals surface area contributed by atoms with E-state index < -0.39 is 11.9 Å². The molecular formula is C15H14F4N2. The molecule has 2 nitrogen and oxygen atoms in total. The van der Waals surface area contributed by atoms with Crippen LogP contribution in [0, 0.1) is 19.7 Å². The Morgan fingerprint density at radius 1 is 1.10 bits per heavy atom. The van der Waals surface area contributed by atoms with Crippen molar-refractivity contribution in [3.8, 4) is 0 Å². The Labute approximate surface area is 119 Å². The molecule has 2 aromatic rings. The minimum Gasteiger partial charge on any atom is -0.366 e. The van der Waals surface area contributed by atoms with Crippen LogP contribution in [0.5, 0.6) is 0 Å². The fraction of sp³-hybridized carbons (Fsp3) is 0.267. The average molecular weight is 298 g/mol. The van der Waals surface area contributed by atoms with Crippen molar-refractivity contribution in [1.82, 2.24) is 4.98 Å². The molecule has 1 heterocycles. The van der Waals surface area contributed by atoms with Gasteiger partial charge in [0.1, 0.15) is 17.3 Å². The summed E-state index contributed by atoms with van der Waals surface area (Å²) in [6.07, 6.45) is -4.47. The molecule has 1 N–H and O–H groups in total. The molecule has 0 unspecified atom stereocenters. The first-order valence-corrected chi connectivity index (χ1v) is 6.31. The van der Waals surface area contributed by atoms with E-state index in [2.05, 4.69) is 10.3 Å². The molecule has 1 aromatic carbocycles. The van der Waals surface area contributed by atoms with E-state index >= 15 is 0 Å². The minimum atomic E-state index is -4.47. The van der Waals surface area contributed by atoms with E-state index in [1.165, 1.54) is 12.1 Å². The van der Waals surface area contributed by atoms with Crippen LogP contribution in [0.3, 0.4) is 0 Å². The topological polar surface area (TPSA) is 24.9 Å². The lowest BCUT2D eigenvalue weighted by Gasteiger charge is -2.11. The van der Waals surface area contributed by atoms with Crippen molar-refractivity contribution in [1.29, 1.82) is 0 Å². The predicted octanol–water partition coefficient (Wildman–Crippen LogP) is 4.47. The first-order valence-electron chi connectivity index (χ1n) is 6.31. The van der Waals surface area contributed by atoms with Crippen LogP contribution in [0.4, 0.5) is 23.4 Å². The van der Waals surface area contributed by atoms with Crippen molar-refractivity contribution in [2.24, 2.45) is 0 Å². The van der Waals surface area contributed by atoms with Crippen LogP contribution in [0.15, 0.2) is 30.3 Å². The SMILES string of the molecule is Cc1cc(CNc2cccc(C(F)(F)F)n2)cc(C)c1F. The van der Waals surface area contributed by atoms with Crippen LogP contribution >= 0.6 is 0 Å². The van der Waals surface area contributed by atoms with E-state index in [4.69, 9.17) is 0 Å². The van der Waals surface area contributed by atoms with Gasteiger partial charge in [-0.3, -0.25) is 0 Å². The third kappa shape index (κ3) is 3.71. The van der Waals surface area contributed by atoms with Crippen LogP contribution < -0.4 is 5.32 Å². The molecular weight excluding hydrogens is 284 g/mol. The number of alkyl halides is 3. The van der Waals surface area contributed by atoms with Gasteiger partial charge in [0.05, 0.1) is 0 Å². The van der Waals surface area contributed by atoms with Gasteiger partial charge in [0.25, 0.3) is 0 Å². The molecule has 0 aliphatic carbocycles. The van der Waals surface area contributed by atoms with Gasteiger partial charge in [-0.1, -0.05) is 18.2 Å². The molecule has 0 saturated heterocycles. The van der Waals surface area contributed by atoms with Gasteiger partial charge in [-0.25, -0.2) is 9.37 Å². The molecule has 0 radical (unpaired) electrons. The molecule has 21 heavy (non-hydrogen) atoms. The number of aryl methyl sites for hydroxylation is 2. The fourth-order valence-electron chi connectivity index (χ4n) is 2.02. The standard InChI is InChI=1S/C15H14F4N2/c1-9-6-11(7-10(2)14(9)16)8-20-13-5-3-4-12(21-13)15(17,18)19/h3-7H,8H2,1-2H3,(H,20,21). The number of nitrogens with one attached hydrogen (secondary N) is 1. The van der Waals surface area contributed by atoms with Gasteiger partial charge in [-0.05, 0) is 42.7 Å². The van der Waals surface area contributed by atoms with E-state index in [-0.39, 0.29) is 18.2 Å². The zero-order valence-corrected chi connectivity index (χ0v) is 11.6. The van der Waals surface area contributed by atoms with E-state index in [0.29, 0.717) is 11.1 Å². The summed E-state index contributed by atoms with van der Waals surface area (Å²) in [5, 5.41) is 2.81. The van der Waals surface area contributed by atoms with Gasteiger partial charge in [0, 0.05) is 6.54 Å². The van der Waals surface area contributed by atoms with Gasteiger partial charge >= 0.3 is 6.18 Å². The number of anilines is 1. The highest BCUT2D eigenvalue weighted by Gasteiger charge is 2.32. The quantitative estimate of drug-likeness (QED) is 0.846. The summed E-state index contributed by atoms with van der Waals surface area (Å²) in [5.74, 6) is -0.139. The van der Waals surface area contributed by atoms with Crippen LogP contribution in [-0.2, 0) is 12.7 Å². The van der Waals surface area contributed by atoms with Crippen LogP contribution in [0.1, 0.15) is 22.4 Å². The summed E-state index contributed by atoms with van der Waals surface area (Å²) in [5.41, 5.74) is 0.845. The maximum Gasteiger partial charge on any atom is 0.433 e. The molecule has 112 valence electrons. The highest BCUT2D eigenvalue weighted by molar-refractivity contribution is 5.38. The Hall–Kier alpha value is -2.11. The Morgan fingerprint density at radius 3 is 2.29 bits per heavy atom. The lowest BCUT2D eigenvalue weighted by molar-refractivity contribution is -0.141. The molecule has 0 fully saturated rings. The number of benzene rings is 1. The monoisotopic (exact) mass is 298 g/mol. The Bertz CT molecular complexity index is 627. The summed E-state index contributed by atoms with van der Waals surface area (Å²) in [6, 6.07) is 6.97. The minimum absolute atomic E-state index is 0.129. The average Bonchev–Trinajstić information content (AvgIpc) is 2.42. The highest BCUT2D eigenvalue weighted by Crippen LogP contribution is 2.28. The zero-order valence-electron chi connectivity index (χ0n) is 11.6. The summed E-state index contributed by atoms with van der Waals surface area (Å²) < 4.78 is 51.1. The van der Waals surface area contributed by atoms with Crippen molar-refractivity contribution in [2.45, 2.75) is 26.6 Å². The molecule has 0 bridgehead atoms. The van der Waals surface area contributed by atoms with Gasteiger partial charge in [0.15, 0.2) is 0 Å². The van der Waals surface area contributed by atoms with E-state index in [9.17, 15) is 17.6 Å². The van der Waals surface area contributed by atoms with Crippen molar-refractivity contribution in [3.05, 3.63) is 58.5 Å². The van der Waals surface area contributed by atoms with Gasteiger partial charge < -0.3 is 5.32 Å². The Balaban J connectivity index is 2.14. The Kier molecular flexibility index (Phi) is 4.16. The van der Waals surface area contributed by atoms with Crippen LogP contribution in [0.25, 0.3) is 0 Å². The number of pyridine rings is 1. The second kappa shape index (κ2) is 5.71. The zero-order chi connectivity index (χ0) is 15.6. The summed E-state index contributed by atoms with van der Waals surface area (Å²) in [6.45, 7) is 3.57. The lowest BCUT2D eigenvalue weighted by Crippen LogP contribution is -2.10. The second-order valence-corrected chi connectivity index (χ2v) is 4.80. The van der Waals surface area contributed by atoms with Gasteiger partial charge in [-0.15, -0.1) is 0 Å². The van der Waals surface area contributed by atoms with Crippen LogP contribution in [0.2, 0.25) is 0 Å². The number of hydrogen-bond donors (Lipinski definition) is 1. The first-order chi connectivity index (χ1) is 9.77. The third-order valence-electron chi connectivity index (χ3n) is 3.01. The fourth-order valence-corrected chi connectivity index (χ4v) is 2.02. The third-order valence-corrected chi connectivity index (χ3v) is 3.01. The molecule has 6 heteroatoms. The Morgan fingerprint density at radius 2 is 1.71 bits per heavy atom. The molecule has 0 saturated carbocycles. The number of aromatic nitrogens is 1. The molecule has 2 rings (SSSR count). The van der Waals surface area contributed by atoms with Crippen molar-refractivity contribution in [2.75, 3.05) is 5.32 Å². The number of hydrogen-bond acceptors (Lipinski definition) is 2. The smallest absolute Gasteiger partial charge is 0.366 e. The van der Waals surface area contributed by atoms with Gasteiger partial charge in [0.2, 0.25) is 0 Å². The maximum absolute atomic E-state index is 13.5. The molecule has 0 amide bonds. The van der Waals surface area contributed by atoms with Crippen LogP contribution in [-0.4, -0.2) is 4.98 Å². The molecule has 0 aliphatic heterocycles. The number of halogens is 4. The summed E-state index contributed by atoms with van der Waals surface area (Å²) >= 11 is 0. The lowest BCUT2D eigenvalue weighted by atomic mass is 10.1. The van der Waals surface area contributed by atoms with E-state index in [1.807, 2.05) is 0 Å². The molecule has 0 atom stereocenters. The number of rotatable bonds is 3. The molecule has 1 aromatic heterocycles. The van der Waals surface area contributed by atoms with Crippen molar-refractivity contribution < 1.29 is 17.6 Å². The highest BCUT2D eigenvalue weighted by atomic mass is 19.4. The number of nitrogens with zero attached hydrogens (tertiary/aromatic N) is 1. The van der Waals surface area contributed by atoms with E-state index in [1.54, 1.807) is 26.0 Å². The maximum atomic E-state index is 13.5. The normalized spacial score (nSPS) is 11.5. The van der Waals surface area contributed by atoms with Gasteiger partial charge in [-0.2, -0.15) is 13.2 Å². The second-order valence-electron chi connectivity index (χ2n) is 4.80. The molecule has 0 spiro atoms. The first kappa shape index (κ1) is 15.3. The predicted molar refractivity (Wildman–Crippen MR) is 72.4 cm³/mol. The van der Waals surface area contributed by atoms with Crippen molar-refractivity contribution >= 4 is 5.82 Å². The largest absolute Gasteiger partial charge is 0.433 e. The summed E-state index contributed by atoms with van der Waals surface area (Å²) in [4.78, 5) is 3.51. The van der Waals surface area contributed by atoms with Crippen molar-refractivity contribution in [3.63, 3.8) is 0 Å².